The number of rotatable bonds is 5. The lowest BCUT2D eigenvalue weighted by molar-refractivity contribution is -0.130. The summed E-state index contributed by atoms with van der Waals surface area (Å²) in [5, 5.41) is 3.30. The van der Waals surface area contributed by atoms with Crippen LogP contribution in [0.5, 0.6) is 0 Å². The van der Waals surface area contributed by atoms with Gasteiger partial charge in [-0.25, -0.2) is 0 Å². The Balaban J connectivity index is 2.10. The fourth-order valence-corrected chi connectivity index (χ4v) is 1.59. The molecule has 0 amide bonds. The lowest BCUT2D eigenvalue weighted by Crippen LogP contribution is -2.45. The third-order valence-corrected chi connectivity index (χ3v) is 2.23. The largest absolute Gasteiger partial charge is 0.468 e. The second kappa shape index (κ2) is 5.94. The minimum absolute atomic E-state index is 0.434. The van der Waals surface area contributed by atoms with Gasteiger partial charge in [0.1, 0.15) is 0 Å². The topological polar surface area (TPSA) is 41.6 Å². The van der Waals surface area contributed by atoms with E-state index in [0.717, 1.165) is 32.7 Å². The predicted octanol–water partition coefficient (Wildman–Crippen LogP) is -0.299. The number of carbonyl (C=O) groups is 1. The molecule has 0 radical (unpaired) electrons. The SMILES string of the molecule is CC(COC=O)CN1CCNCC1. The van der Waals surface area contributed by atoms with E-state index in [0.29, 0.717) is 19.0 Å². The summed E-state index contributed by atoms with van der Waals surface area (Å²) in [6, 6.07) is 0. The average molecular weight is 186 g/mol. The maximum Gasteiger partial charge on any atom is 0.293 e. The van der Waals surface area contributed by atoms with Gasteiger partial charge in [-0.1, -0.05) is 6.92 Å². The normalized spacial score (nSPS) is 21.0. The van der Waals surface area contributed by atoms with Crippen molar-refractivity contribution >= 4 is 6.47 Å². The Hall–Kier alpha value is -0.610. The van der Waals surface area contributed by atoms with Gasteiger partial charge in [-0.15, -0.1) is 0 Å². The first-order valence-corrected chi connectivity index (χ1v) is 4.81. The van der Waals surface area contributed by atoms with Gasteiger partial charge >= 0.3 is 0 Å². The predicted molar refractivity (Wildman–Crippen MR) is 50.5 cm³/mol. The van der Waals surface area contributed by atoms with E-state index in [-0.39, 0.29) is 0 Å². The highest BCUT2D eigenvalue weighted by Gasteiger charge is 2.12. The van der Waals surface area contributed by atoms with E-state index < -0.39 is 0 Å². The first-order chi connectivity index (χ1) is 6.33. The summed E-state index contributed by atoms with van der Waals surface area (Å²) >= 11 is 0. The van der Waals surface area contributed by atoms with Crippen LogP contribution in [-0.2, 0) is 9.53 Å². The third kappa shape index (κ3) is 4.24. The van der Waals surface area contributed by atoms with Gasteiger partial charge in [-0.2, -0.15) is 0 Å². The highest BCUT2D eigenvalue weighted by molar-refractivity contribution is 5.36. The van der Waals surface area contributed by atoms with E-state index in [9.17, 15) is 4.79 Å². The van der Waals surface area contributed by atoms with Crippen LogP contribution in [0.25, 0.3) is 0 Å². The van der Waals surface area contributed by atoms with Gasteiger partial charge in [0.15, 0.2) is 0 Å². The molecular weight excluding hydrogens is 168 g/mol. The van der Waals surface area contributed by atoms with E-state index in [1.807, 2.05) is 0 Å². The Morgan fingerprint density at radius 3 is 2.85 bits per heavy atom. The van der Waals surface area contributed by atoms with Gasteiger partial charge in [0, 0.05) is 38.6 Å². The zero-order valence-electron chi connectivity index (χ0n) is 8.16. The Bertz CT molecular complexity index is 147. The van der Waals surface area contributed by atoms with Crippen molar-refractivity contribution in [3.8, 4) is 0 Å². The van der Waals surface area contributed by atoms with Crippen molar-refractivity contribution in [1.82, 2.24) is 10.2 Å². The molecule has 1 aliphatic rings. The van der Waals surface area contributed by atoms with Gasteiger partial charge in [0.25, 0.3) is 6.47 Å². The molecule has 1 heterocycles. The smallest absolute Gasteiger partial charge is 0.293 e. The second-order valence-electron chi connectivity index (χ2n) is 3.59. The molecule has 0 aromatic carbocycles. The van der Waals surface area contributed by atoms with Crippen molar-refractivity contribution in [2.75, 3.05) is 39.3 Å². The molecule has 0 saturated carbocycles. The van der Waals surface area contributed by atoms with E-state index in [1.165, 1.54) is 0 Å². The third-order valence-electron chi connectivity index (χ3n) is 2.23. The average Bonchev–Trinajstić information content (AvgIpc) is 2.16. The number of nitrogens with zero attached hydrogens (tertiary/aromatic N) is 1. The maximum absolute atomic E-state index is 9.96. The first-order valence-electron chi connectivity index (χ1n) is 4.81. The van der Waals surface area contributed by atoms with Crippen LogP contribution in [-0.4, -0.2) is 50.7 Å². The Labute approximate surface area is 79.2 Å². The van der Waals surface area contributed by atoms with Crippen LogP contribution < -0.4 is 5.32 Å². The van der Waals surface area contributed by atoms with Crippen molar-refractivity contribution in [3.05, 3.63) is 0 Å². The maximum atomic E-state index is 9.96. The molecule has 1 fully saturated rings. The molecule has 4 heteroatoms. The highest BCUT2D eigenvalue weighted by atomic mass is 16.5. The summed E-state index contributed by atoms with van der Waals surface area (Å²) in [4.78, 5) is 12.4. The number of carbonyl (C=O) groups excluding carboxylic acids is 1. The minimum Gasteiger partial charge on any atom is -0.468 e. The van der Waals surface area contributed by atoms with Crippen LogP contribution in [0.15, 0.2) is 0 Å². The summed E-state index contributed by atoms with van der Waals surface area (Å²) < 4.78 is 4.71. The Morgan fingerprint density at radius 2 is 2.23 bits per heavy atom. The van der Waals surface area contributed by atoms with Crippen LogP contribution in [0.4, 0.5) is 0 Å². The van der Waals surface area contributed by atoms with Crippen molar-refractivity contribution < 1.29 is 9.53 Å². The van der Waals surface area contributed by atoms with E-state index in [2.05, 4.69) is 17.1 Å². The fraction of sp³-hybridized carbons (Fsp3) is 0.889. The molecule has 4 nitrogen and oxygen atoms in total. The Morgan fingerprint density at radius 1 is 1.54 bits per heavy atom. The zero-order chi connectivity index (χ0) is 9.52. The molecule has 0 aliphatic carbocycles. The van der Waals surface area contributed by atoms with E-state index >= 15 is 0 Å². The molecule has 1 atom stereocenters. The van der Waals surface area contributed by atoms with Crippen LogP contribution in [0, 0.1) is 5.92 Å². The van der Waals surface area contributed by atoms with Crippen molar-refractivity contribution in [2.45, 2.75) is 6.92 Å². The molecule has 0 aromatic heterocycles. The zero-order valence-corrected chi connectivity index (χ0v) is 8.16. The summed E-state index contributed by atoms with van der Waals surface area (Å²) in [5.74, 6) is 0.434. The number of hydrogen-bond acceptors (Lipinski definition) is 4. The summed E-state index contributed by atoms with van der Waals surface area (Å²) in [7, 11) is 0. The molecule has 1 aliphatic heterocycles. The summed E-state index contributed by atoms with van der Waals surface area (Å²) in [6.45, 7) is 8.53. The van der Waals surface area contributed by atoms with Gasteiger partial charge in [-0.05, 0) is 0 Å². The molecular formula is C9H18N2O2. The summed E-state index contributed by atoms with van der Waals surface area (Å²) in [5.41, 5.74) is 0. The van der Waals surface area contributed by atoms with Gasteiger partial charge in [0.05, 0.1) is 6.61 Å². The second-order valence-corrected chi connectivity index (χ2v) is 3.59. The number of hydrogen-bond donors (Lipinski definition) is 1. The lowest BCUT2D eigenvalue weighted by atomic mass is 10.2. The van der Waals surface area contributed by atoms with Crippen molar-refractivity contribution in [1.29, 1.82) is 0 Å². The van der Waals surface area contributed by atoms with Gasteiger partial charge < -0.3 is 15.0 Å². The fourth-order valence-electron chi connectivity index (χ4n) is 1.59. The van der Waals surface area contributed by atoms with Crippen LogP contribution in [0.2, 0.25) is 0 Å². The van der Waals surface area contributed by atoms with E-state index in [1.54, 1.807) is 0 Å². The van der Waals surface area contributed by atoms with Crippen LogP contribution in [0.1, 0.15) is 6.92 Å². The first kappa shape index (κ1) is 10.5. The molecule has 0 spiro atoms. The minimum atomic E-state index is 0.434. The number of nitrogens with one attached hydrogen (secondary N) is 1. The van der Waals surface area contributed by atoms with Crippen LogP contribution in [0.3, 0.4) is 0 Å². The van der Waals surface area contributed by atoms with Gasteiger partial charge in [-0.3, -0.25) is 4.79 Å². The molecule has 13 heavy (non-hydrogen) atoms. The molecule has 1 saturated heterocycles. The lowest BCUT2D eigenvalue weighted by Gasteiger charge is -2.29. The van der Waals surface area contributed by atoms with Crippen molar-refractivity contribution in [2.24, 2.45) is 5.92 Å². The Kier molecular flexibility index (Phi) is 4.78. The molecule has 76 valence electrons. The molecule has 1 unspecified atom stereocenters. The molecule has 0 aromatic rings. The number of ether oxygens (including phenoxy) is 1. The molecule has 1 N–H and O–H groups in total. The van der Waals surface area contributed by atoms with Gasteiger partial charge in [0.2, 0.25) is 0 Å². The molecule has 1 rings (SSSR count). The molecule has 0 bridgehead atoms. The van der Waals surface area contributed by atoms with Crippen molar-refractivity contribution in [3.63, 3.8) is 0 Å². The number of piperazine rings is 1. The van der Waals surface area contributed by atoms with Crippen LogP contribution >= 0.6 is 0 Å². The summed E-state index contributed by atoms with van der Waals surface area (Å²) in [6.07, 6.45) is 0. The highest BCUT2D eigenvalue weighted by Crippen LogP contribution is 2.01. The monoisotopic (exact) mass is 186 g/mol. The van der Waals surface area contributed by atoms with E-state index in [4.69, 9.17) is 4.74 Å². The standard InChI is InChI=1S/C9H18N2O2/c1-9(7-13-8-12)6-11-4-2-10-3-5-11/h8-10H,2-7H2,1H3. The quantitative estimate of drug-likeness (QED) is 0.599.